The average Bonchev–Trinajstić information content (AvgIpc) is 2.47. The van der Waals surface area contributed by atoms with Crippen molar-refractivity contribution >= 4 is 5.91 Å². The third-order valence-corrected chi connectivity index (χ3v) is 4.02. The van der Waals surface area contributed by atoms with Crippen molar-refractivity contribution < 1.29 is 9.53 Å². The van der Waals surface area contributed by atoms with Crippen LogP contribution in [0.15, 0.2) is 24.3 Å². The lowest BCUT2D eigenvalue weighted by Gasteiger charge is -2.30. The zero-order valence-electron chi connectivity index (χ0n) is 13.1. The maximum atomic E-state index is 12.0. The van der Waals surface area contributed by atoms with Gasteiger partial charge in [-0.1, -0.05) is 25.1 Å². The summed E-state index contributed by atoms with van der Waals surface area (Å²) in [4.78, 5) is 14.2. The summed E-state index contributed by atoms with van der Waals surface area (Å²) in [6, 6.07) is 7.94. The topological polar surface area (TPSA) is 41.6 Å². The predicted molar refractivity (Wildman–Crippen MR) is 84.5 cm³/mol. The molecule has 0 spiro atoms. The molecule has 0 aromatic heterocycles. The molecule has 4 heteroatoms. The van der Waals surface area contributed by atoms with Crippen LogP contribution in [-0.4, -0.2) is 44.1 Å². The summed E-state index contributed by atoms with van der Waals surface area (Å²) in [5.41, 5.74) is 1.13. The molecule has 1 aliphatic heterocycles. The number of hydrogen-bond donors (Lipinski definition) is 1. The van der Waals surface area contributed by atoms with Crippen molar-refractivity contribution in [3.8, 4) is 5.75 Å². The molecule has 1 N–H and O–H groups in total. The first-order chi connectivity index (χ1) is 10.2. The Morgan fingerprint density at radius 3 is 3.00 bits per heavy atom. The molecule has 21 heavy (non-hydrogen) atoms. The first kappa shape index (κ1) is 15.8. The van der Waals surface area contributed by atoms with Crippen LogP contribution in [0.2, 0.25) is 0 Å². The Morgan fingerprint density at radius 2 is 2.24 bits per heavy atom. The highest BCUT2D eigenvalue weighted by Crippen LogP contribution is 2.17. The van der Waals surface area contributed by atoms with Crippen LogP contribution in [0, 0.1) is 5.92 Å². The number of carbonyl (C=O) groups is 1. The molecule has 1 amide bonds. The second kappa shape index (κ2) is 8.03. The van der Waals surface area contributed by atoms with Crippen LogP contribution in [0.1, 0.15) is 25.3 Å². The Morgan fingerprint density at radius 1 is 1.43 bits per heavy atom. The third-order valence-electron chi connectivity index (χ3n) is 4.02. The number of amides is 1. The minimum absolute atomic E-state index is 0.124. The Balaban J connectivity index is 1.71. The van der Waals surface area contributed by atoms with Gasteiger partial charge in [-0.25, -0.2) is 0 Å². The van der Waals surface area contributed by atoms with Crippen LogP contribution in [0.25, 0.3) is 0 Å². The lowest BCUT2D eigenvalue weighted by Crippen LogP contribution is -2.42. The summed E-state index contributed by atoms with van der Waals surface area (Å²) in [6.45, 7) is 5.52. The van der Waals surface area contributed by atoms with Crippen molar-refractivity contribution in [3.05, 3.63) is 29.8 Å². The fourth-order valence-corrected chi connectivity index (χ4v) is 2.94. The average molecular weight is 290 g/mol. The molecule has 4 nitrogen and oxygen atoms in total. The number of para-hydroxylation sites is 1. The molecule has 0 radical (unpaired) electrons. The van der Waals surface area contributed by atoms with E-state index in [4.69, 9.17) is 4.74 Å². The van der Waals surface area contributed by atoms with E-state index < -0.39 is 0 Å². The van der Waals surface area contributed by atoms with Gasteiger partial charge in [0.2, 0.25) is 5.91 Å². The van der Waals surface area contributed by atoms with Gasteiger partial charge in [0.1, 0.15) is 5.75 Å². The number of carbonyl (C=O) groups excluding carboxylic acids is 1. The van der Waals surface area contributed by atoms with Gasteiger partial charge in [0.25, 0.3) is 0 Å². The molecule has 1 atom stereocenters. The molecule has 1 aromatic rings. The Kier molecular flexibility index (Phi) is 6.05. The molecule has 116 valence electrons. The van der Waals surface area contributed by atoms with E-state index in [0.717, 1.165) is 30.8 Å². The quantitative estimate of drug-likeness (QED) is 0.872. The normalized spacial score (nSPS) is 19.2. The predicted octanol–water partition coefficient (Wildman–Crippen LogP) is 2.09. The van der Waals surface area contributed by atoms with Crippen LogP contribution in [0.4, 0.5) is 0 Å². The maximum Gasteiger partial charge on any atom is 0.234 e. The van der Waals surface area contributed by atoms with E-state index in [1.807, 2.05) is 24.3 Å². The molecule has 1 aliphatic rings. The van der Waals surface area contributed by atoms with E-state index in [0.29, 0.717) is 19.0 Å². The SMILES string of the molecule is COc1ccccc1CCNC(=O)CN1CCCC(C)C1. The largest absolute Gasteiger partial charge is 0.496 e. The molecule has 2 rings (SSSR count). The first-order valence-corrected chi connectivity index (χ1v) is 7.80. The number of methoxy groups -OCH3 is 1. The van der Waals surface area contributed by atoms with Crippen molar-refractivity contribution in [2.75, 3.05) is 33.3 Å². The molecule has 1 unspecified atom stereocenters. The number of benzene rings is 1. The number of nitrogens with one attached hydrogen (secondary N) is 1. The second-order valence-corrected chi connectivity index (χ2v) is 5.89. The summed E-state index contributed by atoms with van der Waals surface area (Å²) in [5.74, 6) is 1.72. The van der Waals surface area contributed by atoms with Crippen LogP contribution in [-0.2, 0) is 11.2 Å². The van der Waals surface area contributed by atoms with Gasteiger partial charge in [0.15, 0.2) is 0 Å². The maximum absolute atomic E-state index is 12.0. The number of piperidine rings is 1. The van der Waals surface area contributed by atoms with Gasteiger partial charge in [-0.2, -0.15) is 0 Å². The smallest absolute Gasteiger partial charge is 0.234 e. The van der Waals surface area contributed by atoms with Crippen LogP contribution >= 0.6 is 0 Å². The lowest BCUT2D eigenvalue weighted by atomic mass is 10.0. The van der Waals surface area contributed by atoms with Gasteiger partial charge in [-0.05, 0) is 43.4 Å². The van der Waals surface area contributed by atoms with Crippen LogP contribution < -0.4 is 10.1 Å². The Bertz CT molecular complexity index is 462. The number of hydrogen-bond acceptors (Lipinski definition) is 3. The third kappa shape index (κ3) is 5.05. The van der Waals surface area contributed by atoms with Crippen molar-refractivity contribution in [2.24, 2.45) is 5.92 Å². The van der Waals surface area contributed by atoms with Crippen LogP contribution in [0.5, 0.6) is 5.75 Å². The van der Waals surface area contributed by atoms with Gasteiger partial charge in [0.05, 0.1) is 13.7 Å². The van der Waals surface area contributed by atoms with Crippen LogP contribution in [0.3, 0.4) is 0 Å². The van der Waals surface area contributed by atoms with Gasteiger partial charge >= 0.3 is 0 Å². The molecule has 1 saturated heterocycles. The van der Waals surface area contributed by atoms with E-state index >= 15 is 0 Å². The van der Waals surface area contributed by atoms with E-state index in [1.54, 1.807) is 7.11 Å². The fraction of sp³-hybridized carbons (Fsp3) is 0.588. The molecule has 0 bridgehead atoms. The molecule has 0 saturated carbocycles. The van der Waals surface area contributed by atoms with Crippen molar-refractivity contribution in [3.63, 3.8) is 0 Å². The van der Waals surface area contributed by atoms with Crippen molar-refractivity contribution in [1.29, 1.82) is 0 Å². The monoisotopic (exact) mass is 290 g/mol. The summed E-state index contributed by atoms with van der Waals surface area (Å²) in [5, 5.41) is 3.01. The zero-order valence-corrected chi connectivity index (χ0v) is 13.1. The summed E-state index contributed by atoms with van der Waals surface area (Å²) in [7, 11) is 1.68. The molecule has 1 heterocycles. The number of ether oxygens (including phenoxy) is 1. The van der Waals surface area contributed by atoms with Crippen molar-refractivity contribution in [2.45, 2.75) is 26.2 Å². The zero-order chi connectivity index (χ0) is 15.1. The van der Waals surface area contributed by atoms with Gasteiger partial charge in [-0.15, -0.1) is 0 Å². The number of nitrogens with zero attached hydrogens (tertiary/aromatic N) is 1. The van der Waals surface area contributed by atoms with E-state index in [2.05, 4.69) is 17.1 Å². The van der Waals surface area contributed by atoms with E-state index in [-0.39, 0.29) is 5.91 Å². The molecular weight excluding hydrogens is 264 g/mol. The summed E-state index contributed by atoms with van der Waals surface area (Å²) >= 11 is 0. The van der Waals surface area contributed by atoms with E-state index in [9.17, 15) is 4.79 Å². The molecular formula is C17H26N2O2. The summed E-state index contributed by atoms with van der Waals surface area (Å²) < 4.78 is 5.32. The highest BCUT2D eigenvalue weighted by atomic mass is 16.5. The Hall–Kier alpha value is -1.55. The standard InChI is InChI=1S/C17H26N2O2/c1-14-6-5-11-19(12-14)13-17(20)18-10-9-15-7-3-4-8-16(15)21-2/h3-4,7-8,14H,5-6,9-13H2,1-2H3,(H,18,20). The van der Waals surface area contributed by atoms with Gasteiger partial charge in [0, 0.05) is 13.1 Å². The molecule has 1 aromatic carbocycles. The fourth-order valence-electron chi connectivity index (χ4n) is 2.94. The summed E-state index contributed by atoms with van der Waals surface area (Å²) in [6.07, 6.45) is 3.29. The number of rotatable bonds is 6. The van der Waals surface area contributed by atoms with Gasteiger partial charge in [-0.3, -0.25) is 9.69 Å². The van der Waals surface area contributed by atoms with Gasteiger partial charge < -0.3 is 10.1 Å². The van der Waals surface area contributed by atoms with Crippen molar-refractivity contribution in [1.82, 2.24) is 10.2 Å². The Labute approximate surface area is 127 Å². The van der Waals surface area contributed by atoms with E-state index in [1.165, 1.54) is 12.8 Å². The first-order valence-electron chi connectivity index (χ1n) is 7.80. The molecule has 1 fully saturated rings. The highest BCUT2D eigenvalue weighted by molar-refractivity contribution is 5.78. The lowest BCUT2D eigenvalue weighted by molar-refractivity contribution is -0.122. The minimum atomic E-state index is 0.124. The second-order valence-electron chi connectivity index (χ2n) is 5.89. The minimum Gasteiger partial charge on any atom is -0.496 e. The molecule has 0 aliphatic carbocycles. The highest BCUT2D eigenvalue weighted by Gasteiger charge is 2.18. The number of likely N-dealkylation sites (tertiary alicyclic amines) is 1.